The van der Waals surface area contributed by atoms with Gasteiger partial charge in [0.1, 0.15) is 6.04 Å². The number of fused-ring (bicyclic) bond motifs is 2. The summed E-state index contributed by atoms with van der Waals surface area (Å²) < 4.78 is 7.19. The third kappa shape index (κ3) is 3.05. The summed E-state index contributed by atoms with van der Waals surface area (Å²) in [4.78, 5) is 14.0. The Morgan fingerprint density at radius 3 is 2.71 bits per heavy atom. The lowest BCUT2D eigenvalue weighted by Crippen LogP contribution is -2.28. The van der Waals surface area contributed by atoms with E-state index < -0.39 is 12.0 Å². The van der Waals surface area contributed by atoms with Gasteiger partial charge >= 0.3 is 5.97 Å². The summed E-state index contributed by atoms with van der Waals surface area (Å²) in [5, 5.41) is 13.7. The number of carboxylic acids is 1. The van der Waals surface area contributed by atoms with Crippen molar-refractivity contribution in [3.63, 3.8) is 0 Å². The predicted octanol–water partition coefficient (Wildman–Crippen LogP) is 1.88. The molecular formula is C18H25N3O3. The molecule has 0 radical (unpaired) electrons. The fourth-order valence-electron chi connectivity index (χ4n) is 3.52. The van der Waals surface area contributed by atoms with Crippen LogP contribution in [0.15, 0.2) is 18.3 Å². The van der Waals surface area contributed by atoms with Crippen LogP contribution in [0.4, 0.5) is 0 Å². The number of nitrogens with zero attached hydrogens (tertiary/aromatic N) is 2. The van der Waals surface area contributed by atoms with Crippen molar-refractivity contribution in [2.75, 3.05) is 26.8 Å². The molecule has 1 atom stereocenters. The number of aryl methyl sites for hydroxylation is 1. The van der Waals surface area contributed by atoms with Crippen molar-refractivity contribution in [2.45, 2.75) is 26.1 Å². The minimum Gasteiger partial charge on any atom is -0.480 e. The number of benzene rings is 1. The van der Waals surface area contributed by atoms with E-state index in [1.807, 2.05) is 24.7 Å². The van der Waals surface area contributed by atoms with Gasteiger partial charge in [-0.25, -0.2) is 0 Å². The number of hydrogen-bond donors (Lipinski definition) is 2. The highest BCUT2D eigenvalue weighted by Gasteiger charge is 2.26. The van der Waals surface area contributed by atoms with Crippen LogP contribution < -0.4 is 5.32 Å². The molecule has 24 heavy (non-hydrogen) atoms. The van der Waals surface area contributed by atoms with Gasteiger partial charge in [0, 0.05) is 56.5 Å². The number of methoxy groups -OCH3 is 1. The monoisotopic (exact) mass is 331 g/mol. The third-order valence-corrected chi connectivity index (χ3v) is 4.71. The van der Waals surface area contributed by atoms with Gasteiger partial charge < -0.3 is 19.7 Å². The normalized spacial score (nSPS) is 15.8. The Balaban J connectivity index is 1.99. The average molecular weight is 331 g/mol. The van der Waals surface area contributed by atoms with E-state index in [0.717, 1.165) is 42.7 Å². The van der Waals surface area contributed by atoms with Crippen LogP contribution in [0.25, 0.3) is 10.9 Å². The van der Waals surface area contributed by atoms with Crippen LogP contribution in [0.2, 0.25) is 0 Å². The summed E-state index contributed by atoms with van der Waals surface area (Å²) in [6, 6.07) is 3.69. The molecule has 6 heteroatoms. The summed E-state index contributed by atoms with van der Waals surface area (Å²) in [6.07, 6.45) is 1.93. The zero-order valence-corrected chi connectivity index (χ0v) is 14.5. The van der Waals surface area contributed by atoms with Gasteiger partial charge in [-0.15, -0.1) is 0 Å². The molecule has 1 aliphatic rings. The summed E-state index contributed by atoms with van der Waals surface area (Å²) in [7, 11) is 3.69. The Morgan fingerprint density at radius 1 is 1.38 bits per heavy atom. The van der Waals surface area contributed by atoms with Crippen LogP contribution in [-0.2, 0) is 29.7 Å². The Hall–Kier alpha value is -1.89. The van der Waals surface area contributed by atoms with Gasteiger partial charge in [-0.05, 0) is 29.8 Å². The summed E-state index contributed by atoms with van der Waals surface area (Å²) in [5.74, 6) is -0.841. The largest absolute Gasteiger partial charge is 0.480 e. The Kier molecular flexibility index (Phi) is 4.89. The summed E-state index contributed by atoms with van der Waals surface area (Å²) in [6.45, 7) is 5.98. The van der Waals surface area contributed by atoms with E-state index in [9.17, 15) is 9.90 Å². The van der Waals surface area contributed by atoms with Crippen LogP contribution in [0.3, 0.4) is 0 Å². The van der Waals surface area contributed by atoms with Gasteiger partial charge in [0.15, 0.2) is 0 Å². The smallest absolute Gasteiger partial charge is 0.325 e. The molecule has 0 amide bonds. The van der Waals surface area contributed by atoms with E-state index in [2.05, 4.69) is 22.3 Å². The minimum absolute atomic E-state index is 0.614. The lowest BCUT2D eigenvalue weighted by atomic mass is 10.0. The molecule has 0 fully saturated rings. The quantitative estimate of drug-likeness (QED) is 0.811. The van der Waals surface area contributed by atoms with Gasteiger partial charge in [0.25, 0.3) is 0 Å². The van der Waals surface area contributed by atoms with Gasteiger partial charge in [-0.2, -0.15) is 0 Å². The molecular weight excluding hydrogens is 306 g/mol. The molecule has 0 saturated heterocycles. The van der Waals surface area contributed by atoms with Gasteiger partial charge in [-0.1, -0.05) is 6.92 Å². The minimum atomic E-state index is -0.841. The van der Waals surface area contributed by atoms with Crippen LogP contribution >= 0.6 is 0 Å². The van der Waals surface area contributed by atoms with Crippen LogP contribution in [0, 0.1) is 0 Å². The van der Waals surface area contributed by atoms with E-state index in [1.54, 1.807) is 7.11 Å². The number of carbonyl (C=O) groups is 1. The Bertz CT molecular complexity index is 754. The molecule has 0 aliphatic carbocycles. The van der Waals surface area contributed by atoms with Crippen molar-refractivity contribution in [1.82, 2.24) is 14.8 Å². The SMILES string of the molecule is CCNC(C(=O)O)c1cn(C)c2cc3c(cc12)CN(CCOC)C3. The second-order valence-electron chi connectivity index (χ2n) is 6.37. The zero-order chi connectivity index (χ0) is 17.3. The van der Waals surface area contributed by atoms with Gasteiger partial charge in [0.2, 0.25) is 0 Å². The fraction of sp³-hybridized carbons (Fsp3) is 0.500. The first-order valence-corrected chi connectivity index (χ1v) is 8.33. The van der Waals surface area contributed by atoms with Crippen LogP contribution in [0.1, 0.15) is 29.7 Å². The van der Waals surface area contributed by atoms with Crippen LogP contribution in [-0.4, -0.2) is 47.3 Å². The molecule has 1 aromatic heterocycles. The fourth-order valence-corrected chi connectivity index (χ4v) is 3.52. The first kappa shape index (κ1) is 17.0. The first-order valence-electron chi connectivity index (χ1n) is 8.33. The van der Waals surface area contributed by atoms with Crippen molar-refractivity contribution in [3.05, 3.63) is 35.0 Å². The molecule has 1 unspecified atom stereocenters. The molecule has 0 spiro atoms. The lowest BCUT2D eigenvalue weighted by Gasteiger charge is -2.13. The standard InChI is InChI=1S/C18H25N3O3/c1-4-19-17(18(22)23)15-11-20(2)16-8-13-10-21(5-6-24-3)9-12(13)7-14(15)16/h7-8,11,17,19H,4-6,9-10H2,1-3H3,(H,22,23). The van der Waals surface area contributed by atoms with Crippen molar-refractivity contribution >= 4 is 16.9 Å². The molecule has 6 nitrogen and oxygen atoms in total. The molecule has 2 N–H and O–H groups in total. The maximum Gasteiger partial charge on any atom is 0.325 e. The number of aliphatic carboxylic acids is 1. The molecule has 2 heterocycles. The van der Waals surface area contributed by atoms with Crippen molar-refractivity contribution < 1.29 is 14.6 Å². The summed E-state index contributed by atoms with van der Waals surface area (Å²) in [5.41, 5.74) is 4.52. The van der Waals surface area contributed by atoms with E-state index >= 15 is 0 Å². The number of ether oxygens (including phenoxy) is 1. The Morgan fingerprint density at radius 2 is 2.08 bits per heavy atom. The number of likely N-dealkylation sites (N-methyl/N-ethyl adjacent to an activating group) is 1. The highest BCUT2D eigenvalue weighted by atomic mass is 16.5. The lowest BCUT2D eigenvalue weighted by molar-refractivity contribution is -0.139. The van der Waals surface area contributed by atoms with Crippen LogP contribution in [0.5, 0.6) is 0 Å². The number of rotatable bonds is 7. The van der Waals surface area contributed by atoms with Crippen molar-refractivity contribution in [3.8, 4) is 0 Å². The van der Waals surface area contributed by atoms with E-state index in [1.165, 1.54) is 11.1 Å². The van der Waals surface area contributed by atoms with E-state index in [-0.39, 0.29) is 0 Å². The number of aromatic nitrogens is 1. The summed E-state index contributed by atoms with van der Waals surface area (Å²) >= 11 is 0. The van der Waals surface area contributed by atoms with Crippen molar-refractivity contribution in [2.24, 2.45) is 7.05 Å². The maximum absolute atomic E-state index is 11.7. The second kappa shape index (κ2) is 6.93. The molecule has 1 aromatic carbocycles. The Labute approximate surface area is 142 Å². The third-order valence-electron chi connectivity index (χ3n) is 4.71. The van der Waals surface area contributed by atoms with Crippen molar-refractivity contribution in [1.29, 1.82) is 0 Å². The highest BCUT2D eigenvalue weighted by Crippen LogP contribution is 2.32. The first-order chi connectivity index (χ1) is 11.5. The molecule has 0 bridgehead atoms. The second-order valence-corrected chi connectivity index (χ2v) is 6.37. The molecule has 130 valence electrons. The maximum atomic E-state index is 11.7. The van der Waals surface area contributed by atoms with Gasteiger partial charge in [0.05, 0.1) is 6.61 Å². The van der Waals surface area contributed by atoms with Gasteiger partial charge in [-0.3, -0.25) is 9.69 Å². The number of carboxylic acid groups (broad SMARTS) is 1. The zero-order valence-electron chi connectivity index (χ0n) is 14.5. The number of nitrogens with one attached hydrogen (secondary N) is 1. The molecule has 3 rings (SSSR count). The number of hydrogen-bond acceptors (Lipinski definition) is 4. The average Bonchev–Trinajstić information content (AvgIpc) is 3.09. The molecule has 1 aliphatic heterocycles. The topological polar surface area (TPSA) is 66.7 Å². The highest BCUT2D eigenvalue weighted by molar-refractivity contribution is 5.90. The van der Waals surface area contributed by atoms with E-state index in [0.29, 0.717) is 6.54 Å². The molecule has 2 aromatic rings. The molecule has 0 saturated carbocycles. The van der Waals surface area contributed by atoms with E-state index in [4.69, 9.17) is 4.74 Å². The predicted molar refractivity (Wildman–Crippen MR) is 93.0 cm³/mol.